The zero-order valence-electron chi connectivity index (χ0n) is 9.52. The summed E-state index contributed by atoms with van der Waals surface area (Å²) in [6.07, 6.45) is 5.67. The number of aromatic nitrogens is 2. The number of hydrogen-bond acceptors (Lipinski definition) is 3. The predicted molar refractivity (Wildman–Crippen MR) is 60.8 cm³/mol. The van der Waals surface area contributed by atoms with E-state index in [-0.39, 0.29) is 5.91 Å². The van der Waals surface area contributed by atoms with Crippen LogP contribution in [-0.4, -0.2) is 39.9 Å². The van der Waals surface area contributed by atoms with Crippen molar-refractivity contribution in [1.82, 2.24) is 14.9 Å². The molecule has 5 nitrogen and oxygen atoms in total. The fourth-order valence-electron chi connectivity index (χ4n) is 2.19. The van der Waals surface area contributed by atoms with Crippen molar-refractivity contribution in [3.8, 4) is 0 Å². The lowest BCUT2D eigenvalue weighted by Crippen LogP contribution is -2.46. The van der Waals surface area contributed by atoms with Crippen molar-refractivity contribution in [3.05, 3.63) is 18.2 Å². The Hall–Kier alpha value is -1.36. The molecule has 88 valence electrons. The number of rotatable bonds is 2. The van der Waals surface area contributed by atoms with Gasteiger partial charge in [0.15, 0.2) is 0 Å². The van der Waals surface area contributed by atoms with Crippen molar-refractivity contribution in [1.29, 1.82) is 0 Å². The van der Waals surface area contributed by atoms with E-state index in [1.165, 1.54) is 0 Å². The Labute approximate surface area is 95.0 Å². The van der Waals surface area contributed by atoms with E-state index >= 15 is 0 Å². The molecule has 1 aromatic rings. The second kappa shape index (κ2) is 4.65. The third-order valence-electron chi connectivity index (χ3n) is 3.03. The molecule has 1 amide bonds. The standard InChI is InChI=1S/C11H18N4O/c1-8(12)11(16)15-6-2-3-9(7-15)10-13-4-5-14-10/h4-5,8-9H,2-3,6-7,12H2,1H3,(H,13,14)/t8-,9?/m1/s1. The molecule has 1 saturated heterocycles. The van der Waals surface area contributed by atoms with Crippen molar-refractivity contribution >= 4 is 5.91 Å². The average molecular weight is 222 g/mol. The van der Waals surface area contributed by atoms with Crippen LogP contribution in [0.3, 0.4) is 0 Å². The molecule has 0 spiro atoms. The van der Waals surface area contributed by atoms with Crippen molar-refractivity contribution in [2.75, 3.05) is 13.1 Å². The largest absolute Gasteiger partial charge is 0.348 e. The van der Waals surface area contributed by atoms with Gasteiger partial charge in [0.1, 0.15) is 5.82 Å². The molecule has 5 heteroatoms. The molecule has 0 saturated carbocycles. The zero-order chi connectivity index (χ0) is 11.5. The highest BCUT2D eigenvalue weighted by atomic mass is 16.2. The van der Waals surface area contributed by atoms with Crippen molar-refractivity contribution in [2.24, 2.45) is 5.73 Å². The minimum atomic E-state index is -0.407. The first kappa shape index (κ1) is 11.1. The number of piperidine rings is 1. The van der Waals surface area contributed by atoms with E-state index in [4.69, 9.17) is 5.73 Å². The summed E-state index contributed by atoms with van der Waals surface area (Å²) < 4.78 is 0. The van der Waals surface area contributed by atoms with E-state index in [1.807, 2.05) is 11.1 Å². The third kappa shape index (κ3) is 2.24. The Morgan fingerprint density at radius 3 is 3.19 bits per heavy atom. The molecule has 1 aliphatic rings. The molecule has 2 heterocycles. The van der Waals surface area contributed by atoms with Gasteiger partial charge < -0.3 is 15.6 Å². The number of nitrogens with two attached hydrogens (primary N) is 1. The van der Waals surface area contributed by atoms with Crippen LogP contribution in [0.4, 0.5) is 0 Å². The SMILES string of the molecule is C[C@@H](N)C(=O)N1CCCC(c2ncc[nH]2)C1. The van der Waals surface area contributed by atoms with Crippen LogP contribution < -0.4 is 5.73 Å². The number of nitrogens with zero attached hydrogens (tertiary/aromatic N) is 2. The summed E-state index contributed by atoms with van der Waals surface area (Å²) in [4.78, 5) is 21.0. The van der Waals surface area contributed by atoms with Crippen LogP contribution in [0.1, 0.15) is 31.5 Å². The van der Waals surface area contributed by atoms with Gasteiger partial charge in [-0.25, -0.2) is 4.98 Å². The van der Waals surface area contributed by atoms with Crippen LogP contribution in [0.15, 0.2) is 12.4 Å². The van der Waals surface area contributed by atoms with Crippen LogP contribution in [0.5, 0.6) is 0 Å². The summed E-state index contributed by atoms with van der Waals surface area (Å²) in [6.45, 7) is 3.28. The van der Waals surface area contributed by atoms with Crippen LogP contribution >= 0.6 is 0 Å². The van der Waals surface area contributed by atoms with Gasteiger partial charge in [-0.15, -0.1) is 0 Å². The first-order valence-electron chi connectivity index (χ1n) is 5.72. The van der Waals surface area contributed by atoms with E-state index in [0.29, 0.717) is 5.92 Å². The predicted octanol–water partition coefficient (Wildman–Crippen LogP) is 0.463. The maximum atomic E-state index is 11.8. The number of nitrogens with one attached hydrogen (secondary N) is 1. The minimum absolute atomic E-state index is 0.0382. The fourth-order valence-corrected chi connectivity index (χ4v) is 2.19. The highest BCUT2D eigenvalue weighted by Crippen LogP contribution is 2.24. The van der Waals surface area contributed by atoms with E-state index in [1.54, 1.807) is 13.1 Å². The summed E-state index contributed by atoms with van der Waals surface area (Å²) >= 11 is 0. The molecule has 1 aliphatic heterocycles. The Bertz CT molecular complexity index is 347. The van der Waals surface area contributed by atoms with Gasteiger partial charge in [-0.1, -0.05) is 0 Å². The monoisotopic (exact) mass is 222 g/mol. The number of carbonyl (C=O) groups is 1. The molecular weight excluding hydrogens is 204 g/mol. The van der Waals surface area contributed by atoms with E-state index in [9.17, 15) is 4.79 Å². The summed E-state index contributed by atoms with van der Waals surface area (Å²) in [7, 11) is 0. The average Bonchev–Trinajstić information content (AvgIpc) is 2.81. The lowest BCUT2D eigenvalue weighted by Gasteiger charge is -2.32. The summed E-state index contributed by atoms with van der Waals surface area (Å²) in [6, 6.07) is -0.407. The highest BCUT2D eigenvalue weighted by Gasteiger charge is 2.27. The third-order valence-corrected chi connectivity index (χ3v) is 3.03. The van der Waals surface area contributed by atoms with Crippen LogP contribution in [0.25, 0.3) is 0 Å². The van der Waals surface area contributed by atoms with Gasteiger partial charge in [0.25, 0.3) is 0 Å². The van der Waals surface area contributed by atoms with Gasteiger partial charge >= 0.3 is 0 Å². The lowest BCUT2D eigenvalue weighted by atomic mass is 9.97. The topological polar surface area (TPSA) is 75.0 Å². The molecule has 1 fully saturated rings. The van der Waals surface area contributed by atoms with Gasteiger partial charge in [0.2, 0.25) is 5.91 Å². The molecule has 0 radical (unpaired) electrons. The number of carbonyl (C=O) groups excluding carboxylic acids is 1. The second-order valence-corrected chi connectivity index (χ2v) is 4.39. The van der Waals surface area contributed by atoms with E-state index < -0.39 is 6.04 Å². The van der Waals surface area contributed by atoms with Crippen LogP contribution in [0.2, 0.25) is 0 Å². The second-order valence-electron chi connectivity index (χ2n) is 4.39. The molecule has 0 aliphatic carbocycles. The van der Waals surface area contributed by atoms with Gasteiger partial charge in [-0.3, -0.25) is 4.79 Å². The highest BCUT2D eigenvalue weighted by molar-refractivity contribution is 5.81. The zero-order valence-corrected chi connectivity index (χ0v) is 9.52. The summed E-state index contributed by atoms with van der Waals surface area (Å²) in [5, 5.41) is 0. The lowest BCUT2D eigenvalue weighted by molar-refractivity contribution is -0.133. The molecule has 2 atom stereocenters. The molecule has 2 rings (SSSR count). The molecule has 0 bridgehead atoms. The van der Waals surface area contributed by atoms with Gasteiger partial charge in [-0.2, -0.15) is 0 Å². The van der Waals surface area contributed by atoms with Crippen molar-refractivity contribution in [2.45, 2.75) is 31.7 Å². The summed E-state index contributed by atoms with van der Waals surface area (Å²) in [5.41, 5.74) is 5.62. The molecular formula is C11H18N4O. The molecule has 1 unspecified atom stereocenters. The maximum absolute atomic E-state index is 11.8. The minimum Gasteiger partial charge on any atom is -0.348 e. The quantitative estimate of drug-likeness (QED) is 0.763. The number of H-pyrrole nitrogens is 1. The Morgan fingerprint density at radius 1 is 1.75 bits per heavy atom. The number of hydrogen-bond donors (Lipinski definition) is 2. The first-order chi connectivity index (χ1) is 7.68. The number of likely N-dealkylation sites (tertiary alicyclic amines) is 1. The molecule has 3 N–H and O–H groups in total. The first-order valence-corrected chi connectivity index (χ1v) is 5.72. The van der Waals surface area contributed by atoms with Crippen LogP contribution in [0, 0.1) is 0 Å². The summed E-state index contributed by atoms with van der Waals surface area (Å²) in [5.74, 6) is 1.34. The maximum Gasteiger partial charge on any atom is 0.239 e. The number of amides is 1. The van der Waals surface area contributed by atoms with Crippen molar-refractivity contribution in [3.63, 3.8) is 0 Å². The smallest absolute Gasteiger partial charge is 0.239 e. The molecule has 16 heavy (non-hydrogen) atoms. The Morgan fingerprint density at radius 2 is 2.56 bits per heavy atom. The molecule has 1 aromatic heterocycles. The normalized spacial score (nSPS) is 23.1. The van der Waals surface area contributed by atoms with E-state index in [2.05, 4.69) is 9.97 Å². The van der Waals surface area contributed by atoms with Gasteiger partial charge in [0, 0.05) is 31.4 Å². The van der Waals surface area contributed by atoms with E-state index in [0.717, 1.165) is 31.8 Å². The van der Waals surface area contributed by atoms with Gasteiger partial charge in [0.05, 0.1) is 6.04 Å². The molecule has 0 aromatic carbocycles. The van der Waals surface area contributed by atoms with Crippen molar-refractivity contribution < 1.29 is 4.79 Å². The Kier molecular flexibility index (Phi) is 3.24. The fraction of sp³-hybridized carbons (Fsp3) is 0.636. The van der Waals surface area contributed by atoms with Crippen LogP contribution in [-0.2, 0) is 4.79 Å². The van der Waals surface area contributed by atoms with Gasteiger partial charge in [-0.05, 0) is 19.8 Å². The number of aromatic amines is 1. The number of imidazole rings is 1. The Balaban J connectivity index is 2.02.